The van der Waals surface area contributed by atoms with Gasteiger partial charge in [0.15, 0.2) is 6.10 Å². The Morgan fingerprint density at radius 1 is 1.03 bits per heavy atom. The van der Waals surface area contributed by atoms with E-state index in [1.54, 1.807) is 24.0 Å². The topological polar surface area (TPSA) is 85.3 Å². The molecule has 0 fully saturated rings. The number of fused-ring (bicyclic) bond motifs is 1. The molecule has 1 aliphatic carbocycles. The molecule has 0 heterocycles. The van der Waals surface area contributed by atoms with Crippen LogP contribution in [0.15, 0.2) is 42.5 Å². The maximum Gasteiger partial charge on any atom is 0.415 e. The Kier molecular flexibility index (Phi) is 9.33. The van der Waals surface area contributed by atoms with Gasteiger partial charge in [-0.2, -0.15) is 0 Å². The number of benzene rings is 2. The molecule has 0 saturated carbocycles. The van der Waals surface area contributed by atoms with E-state index in [4.69, 9.17) is 14.2 Å². The van der Waals surface area contributed by atoms with Crippen molar-refractivity contribution in [3.8, 4) is 11.5 Å². The highest BCUT2D eigenvalue weighted by Gasteiger charge is 2.20. The maximum atomic E-state index is 12.8. The van der Waals surface area contributed by atoms with Crippen LogP contribution in [0.3, 0.4) is 0 Å². The molecule has 34 heavy (non-hydrogen) atoms. The Hall–Kier alpha value is -3.06. The van der Waals surface area contributed by atoms with Crippen molar-refractivity contribution in [3.05, 3.63) is 59.2 Å². The molecule has 1 N–H and O–H groups in total. The molecule has 1 amide bonds. The molecular weight excluding hydrogens is 434 g/mol. The number of rotatable bonds is 12. The molecule has 0 saturated heterocycles. The number of aliphatic carboxylic acids is 1. The van der Waals surface area contributed by atoms with Crippen molar-refractivity contribution in [1.82, 2.24) is 4.90 Å². The molecule has 2 aromatic rings. The van der Waals surface area contributed by atoms with Crippen molar-refractivity contribution in [2.45, 2.75) is 52.6 Å². The third-order valence-corrected chi connectivity index (χ3v) is 5.74. The summed E-state index contributed by atoms with van der Waals surface area (Å²) in [6.07, 6.45) is 2.33. The summed E-state index contributed by atoms with van der Waals surface area (Å²) < 4.78 is 16.8. The molecule has 0 aliphatic heterocycles. The zero-order chi connectivity index (χ0) is 24.5. The molecule has 7 heteroatoms. The van der Waals surface area contributed by atoms with Crippen LogP contribution in [0.5, 0.6) is 11.5 Å². The summed E-state index contributed by atoms with van der Waals surface area (Å²) in [6, 6.07) is 13.2. The van der Waals surface area contributed by atoms with E-state index in [0.717, 1.165) is 24.8 Å². The monoisotopic (exact) mass is 469 g/mol. The number of aryl methyl sites for hydroxylation is 2. The van der Waals surface area contributed by atoms with Crippen LogP contribution in [0.4, 0.5) is 4.79 Å². The Bertz CT molecular complexity index is 956. The first-order chi connectivity index (χ1) is 16.4. The van der Waals surface area contributed by atoms with Gasteiger partial charge in [-0.05, 0) is 73.1 Å². The van der Waals surface area contributed by atoms with Crippen LogP contribution in [-0.4, -0.2) is 54.5 Å². The summed E-state index contributed by atoms with van der Waals surface area (Å²) in [5, 5.41) is 9.24. The Labute approximate surface area is 201 Å². The zero-order valence-corrected chi connectivity index (χ0v) is 20.3. The number of amides is 1. The molecule has 0 spiro atoms. The number of nitrogens with zero attached hydrogens (tertiary/aromatic N) is 1. The van der Waals surface area contributed by atoms with Gasteiger partial charge in [0.25, 0.3) is 0 Å². The zero-order valence-electron chi connectivity index (χ0n) is 20.3. The smallest absolute Gasteiger partial charge is 0.415 e. The van der Waals surface area contributed by atoms with Crippen LogP contribution in [0.1, 0.15) is 43.9 Å². The minimum Gasteiger partial charge on any atom is -0.492 e. The van der Waals surface area contributed by atoms with E-state index in [1.807, 2.05) is 24.3 Å². The summed E-state index contributed by atoms with van der Waals surface area (Å²) in [5.74, 6) is 0.560. The fourth-order valence-corrected chi connectivity index (χ4v) is 4.10. The largest absolute Gasteiger partial charge is 0.492 e. The minimum atomic E-state index is -0.973. The Morgan fingerprint density at radius 3 is 2.41 bits per heavy atom. The number of ether oxygens (including phenoxy) is 3. The first-order valence-electron chi connectivity index (χ1n) is 12.0. The Balaban J connectivity index is 1.52. The minimum absolute atomic E-state index is 0.291. The summed E-state index contributed by atoms with van der Waals surface area (Å²) in [4.78, 5) is 25.8. The van der Waals surface area contributed by atoms with Crippen LogP contribution in [0, 0.1) is 5.92 Å². The highest BCUT2D eigenvalue weighted by atomic mass is 16.6. The predicted molar refractivity (Wildman–Crippen MR) is 130 cm³/mol. The number of carbonyl (C=O) groups excluding carboxylic acids is 1. The van der Waals surface area contributed by atoms with Crippen LogP contribution in [0.2, 0.25) is 0 Å². The molecule has 7 nitrogen and oxygen atoms in total. The van der Waals surface area contributed by atoms with Gasteiger partial charge in [-0.25, -0.2) is 9.59 Å². The molecule has 1 unspecified atom stereocenters. The lowest BCUT2D eigenvalue weighted by Crippen LogP contribution is -2.39. The summed E-state index contributed by atoms with van der Waals surface area (Å²) in [6.45, 7) is 7.53. The molecule has 0 bridgehead atoms. The lowest BCUT2D eigenvalue weighted by Gasteiger charge is -2.24. The van der Waals surface area contributed by atoms with Crippen molar-refractivity contribution >= 4 is 12.1 Å². The van der Waals surface area contributed by atoms with Gasteiger partial charge in [-0.15, -0.1) is 0 Å². The fourth-order valence-electron chi connectivity index (χ4n) is 4.10. The third kappa shape index (κ3) is 7.48. The van der Waals surface area contributed by atoms with Gasteiger partial charge >= 0.3 is 12.1 Å². The molecule has 0 radical (unpaired) electrons. The molecular formula is C27H35NO6. The lowest BCUT2D eigenvalue weighted by atomic mass is 10.1. The summed E-state index contributed by atoms with van der Waals surface area (Å²) in [7, 11) is 0. The van der Waals surface area contributed by atoms with Crippen LogP contribution >= 0.6 is 0 Å². The maximum absolute atomic E-state index is 12.8. The second kappa shape index (κ2) is 12.4. The predicted octanol–water partition coefficient (Wildman–Crippen LogP) is 4.74. The summed E-state index contributed by atoms with van der Waals surface area (Å²) in [5.41, 5.74) is 3.46. The highest BCUT2D eigenvalue weighted by molar-refractivity contribution is 5.72. The van der Waals surface area contributed by atoms with Crippen molar-refractivity contribution < 1.29 is 28.9 Å². The van der Waals surface area contributed by atoms with Gasteiger partial charge in [-0.3, -0.25) is 0 Å². The van der Waals surface area contributed by atoms with E-state index in [1.165, 1.54) is 11.1 Å². The van der Waals surface area contributed by atoms with Crippen LogP contribution < -0.4 is 9.47 Å². The van der Waals surface area contributed by atoms with Crippen molar-refractivity contribution in [3.63, 3.8) is 0 Å². The van der Waals surface area contributed by atoms with Gasteiger partial charge in [0.05, 0.1) is 6.54 Å². The normalized spacial score (nSPS) is 13.4. The van der Waals surface area contributed by atoms with Gasteiger partial charge in [0.1, 0.15) is 18.1 Å². The van der Waals surface area contributed by atoms with Crippen LogP contribution in [0.25, 0.3) is 0 Å². The van der Waals surface area contributed by atoms with Gasteiger partial charge < -0.3 is 24.2 Å². The lowest BCUT2D eigenvalue weighted by molar-refractivity contribution is -0.149. The highest BCUT2D eigenvalue weighted by Crippen LogP contribution is 2.26. The molecule has 1 aliphatic rings. The van der Waals surface area contributed by atoms with Gasteiger partial charge in [-0.1, -0.05) is 32.0 Å². The van der Waals surface area contributed by atoms with Crippen molar-refractivity contribution in [1.29, 1.82) is 0 Å². The van der Waals surface area contributed by atoms with Crippen molar-refractivity contribution in [2.75, 3.05) is 26.3 Å². The van der Waals surface area contributed by atoms with E-state index in [2.05, 4.69) is 19.9 Å². The number of carbonyl (C=O) groups is 2. The standard InChI is InChI=1S/C27H35NO6/c1-4-32-25(26(29)30)16-20-8-11-23(12-9-20)33-15-14-28(18-19(2)3)27(31)34-24-13-10-21-6-5-7-22(21)17-24/h8-13,17,19,25H,4-7,14-16,18H2,1-3H3,(H,29,30). The van der Waals surface area contributed by atoms with E-state index < -0.39 is 12.1 Å². The van der Waals surface area contributed by atoms with E-state index in [-0.39, 0.29) is 6.09 Å². The molecule has 184 valence electrons. The first kappa shape index (κ1) is 25.6. The van der Waals surface area contributed by atoms with Crippen LogP contribution in [-0.2, 0) is 28.8 Å². The quantitative estimate of drug-likeness (QED) is 0.483. The molecule has 1 atom stereocenters. The molecule has 3 rings (SSSR count). The number of hydrogen-bond donors (Lipinski definition) is 1. The molecule has 2 aromatic carbocycles. The van der Waals surface area contributed by atoms with E-state index in [9.17, 15) is 14.7 Å². The third-order valence-electron chi connectivity index (χ3n) is 5.74. The van der Waals surface area contributed by atoms with E-state index in [0.29, 0.717) is 50.1 Å². The molecule has 0 aromatic heterocycles. The average molecular weight is 470 g/mol. The van der Waals surface area contributed by atoms with E-state index >= 15 is 0 Å². The number of hydrogen-bond acceptors (Lipinski definition) is 5. The summed E-state index contributed by atoms with van der Waals surface area (Å²) >= 11 is 0. The average Bonchev–Trinajstić information content (AvgIpc) is 3.26. The first-order valence-corrected chi connectivity index (χ1v) is 12.0. The fraction of sp³-hybridized carbons (Fsp3) is 0.481. The number of carboxylic acids is 1. The number of carboxylic acid groups (broad SMARTS) is 1. The SMILES string of the molecule is CCOC(Cc1ccc(OCCN(CC(C)C)C(=O)Oc2ccc3c(c2)CCC3)cc1)C(=O)O. The second-order valence-corrected chi connectivity index (χ2v) is 8.97. The van der Waals surface area contributed by atoms with Gasteiger partial charge in [0, 0.05) is 19.6 Å². The van der Waals surface area contributed by atoms with Crippen molar-refractivity contribution in [2.24, 2.45) is 5.92 Å². The Morgan fingerprint density at radius 2 is 1.74 bits per heavy atom. The second-order valence-electron chi connectivity index (χ2n) is 8.97. The van der Waals surface area contributed by atoms with Gasteiger partial charge in [0.2, 0.25) is 0 Å².